The van der Waals surface area contributed by atoms with Crippen LogP contribution in [0.15, 0.2) is 18.2 Å². The zero-order valence-electron chi connectivity index (χ0n) is 9.81. The van der Waals surface area contributed by atoms with E-state index in [4.69, 9.17) is 10.8 Å². The van der Waals surface area contributed by atoms with Crippen LogP contribution in [0.2, 0.25) is 0 Å². The summed E-state index contributed by atoms with van der Waals surface area (Å²) in [7, 11) is 0. The Morgan fingerprint density at radius 1 is 1.41 bits per heavy atom. The fourth-order valence-electron chi connectivity index (χ4n) is 1.53. The minimum Gasteiger partial charge on any atom is -0.504 e. The van der Waals surface area contributed by atoms with Crippen LogP contribution in [0.25, 0.3) is 0 Å². The van der Waals surface area contributed by atoms with Crippen molar-refractivity contribution in [2.24, 2.45) is 5.73 Å². The zero-order valence-corrected chi connectivity index (χ0v) is 9.81. The largest absolute Gasteiger partial charge is 0.504 e. The molecule has 1 aromatic rings. The Labute approximate surface area is 100 Å². The molecule has 5 nitrogen and oxygen atoms in total. The SMILES string of the molecule is CCCC(CN)NC(=O)c1ccc(O)c(O)c1. The molecule has 0 heterocycles. The van der Waals surface area contributed by atoms with Gasteiger partial charge in [-0.25, -0.2) is 0 Å². The van der Waals surface area contributed by atoms with Crippen molar-refractivity contribution >= 4 is 5.91 Å². The highest BCUT2D eigenvalue weighted by molar-refractivity contribution is 5.95. The molecule has 0 aliphatic heterocycles. The summed E-state index contributed by atoms with van der Waals surface area (Å²) in [5.74, 6) is -0.855. The van der Waals surface area contributed by atoms with Crippen LogP contribution in [-0.4, -0.2) is 28.7 Å². The van der Waals surface area contributed by atoms with Crippen LogP contribution in [0.3, 0.4) is 0 Å². The van der Waals surface area contributed by atoms with Gasteiger partial charge in [-0.3, -0.25) is 4.79 Å². The van der Waals surface area contributed by atoms with Crippen LogP contribution in [0.1, 0.15) is 30.1 Å². The maximum Gasteiger partial charge on any atom is 0.251 e. The van der Waals surface area contributed by atoms with Gasteiger partial charge in [-0.05, 0) is 24.6 Å². The number of benzene rings is 1. The number of rotatable bonds is 5. The lowest BCUT2D eigenvalue weighted by Crippen LogP contribution is -2.40. The topological polar surface area (TPSA) is 95.6 Å². The van der Waals surface area contributed by atoms with Crippen LogP contribution < -0.4 is 11.1 Å². The molecule has 0 saturated carbocycles. The van der Waals surface area contributed by atoms with Crippen LogP contribution in [0.4, 0.5) is 0 Å². The van der Waals surface area contributed by atoms with E-state index in [1.54, 1.807) is 0 Å². The molecule has 5 heteroatoms. The highest BCUT2D eigenvalue weighted by Crippen LogP contribution is 2.24. The third-order valence-electron chi connectivity index (χ3n) is 2.49. The van der Waals surface area contributed by atoms with Gasteiger partial charge in [0.2, 0.25) is 0 Å². The molecule has 17 heavy (non-hydrogen) atoms. The van der Waals surface area contributed by atoms with Gasteiger partial charge in [-0.2, -0.15) is 0 Å². The number of phenols is 2. The van der Waals surface area contributed by atoms with E-state index in [9.17, 15) is 9.90 Å². The van der Waals surface area contributed by atoms with E-state index in [0.717, 1.165) is 12.8 Å². The predicted octanol–water partition coefficient (Wildman–Crippen LogP) is 0.955. The zero-order chi connectivity index (χ0) is 12.8. The second-order valence-electron chi connectivity index (χ2n) is 3.90. The first-order chi connectivity index (χ1) is 8.08. The van der Waals surface area contributed by atoms with E-state index in [2.05, 4.69) is 5.32 Å². The molecule has 1 aromatic carbocycles. The van der Waals surface area contributed by atoms with Crippen molar-refractivity contribution in [2.75, 3.05) is 6.54 Å². The Morgan fingerprint density at radius 3 is 2.65 bits per heavy atom. The molecular weight excluding hydrogens is 220 g/mol. The molecular formula is C12H18N2O3. The van der Waals surface area contributed by atoms with Gasteiger partial charge >= 0.3 is 0 Å². The second-order valence-corrected chi connectivity index (χ2v) is 3.90. The predicted molar refractivity (Wildman–Crippen MR) is 65.0 cm³/mol. The number of aromatic hydroxyl groups is 2. The standard InChI is InChI=1S/C12H18N2O3/c1-2-3-9(7-13)14-12(17)8-4-5-10(15)11(16)6-8/h4-6,9,15-16H,2-3,7,13H2,1H3,(H,14,17). The van der Waals surface area contributed by atoms with E-state index >= 15 is 0 Å². The highest BCUT2D eigenvalue weighted by Gasteiger charge is 2.13. The average molecular weight is 238 g/mol. The Kier molecular flexibility index (Phi) is 4.78. The monoisotopic (exact) mass is 238 g/mol. The number of carbonyl (C=O) groups excluding carboxylic acids is 1. The van der Waals surface area contributed by atoms with Crippen molar-refractivity contribution in [3.63, 3.8) is 0 Å². The molecule has 0 aliphatic carbocycles. The molecule has 1 atom stereocenters. The molecule has 1 rings (SSSR count). The summed E-state index contributed by atoms with van der Waals surface area (Å²) in [5.41, 5.74) is 5.84. The molecule has 94 valence electrons. The molecule has 0 bridgehead atoms. The van der Waals surface area contributed by atoms with Gasteiger partial charge in [0.15, 0.2) is 11.5 Å². The molecule has 0 spiro atoms. The van der Waals surface area contributed by atoms with Crippen LogP contribution >= 0.6 is 0 Å². The minimum atomic E-state index is -0.308. The number of nitrogens with two attached hydrogens (primary N) is 1. The summed E-state index contributed by atoms with van der Waals surface area (Å²) in [6.07, 6.45) is 1.75. The van der Waals surface area contributed by atoms with Crippen molar-refractivity contribution in [1.29, 1.82) is 0 Å². The first-order valence-corrected chi connectivity index (χ1v) is 5.61. The summed E-state index contributed by atoms with van der Waals surface area (Å²) in [5, 5.41) is 21.2. The fraction of sp³-hybridized carbons (Fsp3) is 0.417. The maximum atomic E-state index is 11.8. The lowest BCUT2D eigenvalue weighted by Gasteiger charge is -2.15. The fourth-order valence-corrected chi connectivity index (χ4v) is 1.53. The summed E-state index contributed by atoms with van der Waals surface area (Å²) in [6.45, 7) is 2.39. The quantitative estimate of drug-likeness (QED) is 0.574. The summed E-state index contributed by atoms with van der Waals surface area (Å²) in [6, 6.07) is 3.89. The van der Waals surface area contributed by atoms with Crippen LogP contribution in [0, 0.1) is 0 Å². The first-order valence-electron chi connectivity index (χ1n) is 5.61. The van der Waals surface area contributed by atoms with E-state index < -0.39 is 0 Å². The third-order valence-corrected chi connectivity index (χ3v) is 2.49. The number of amides is 1. The van der Waals surface area contributed by atoms with Crippen molar-refractivity contribution < 1.29 is 15.0 Å². The molecule has 1 unspecified atom stereocenters. The number of phenolic OH excluding ortho intramolecular Hbond substituents is 2. The van der Waals surface area contributed by atoms with Gasteiger partial charge in [0, 0.05) is 18.2 Å². The Hall–Kier alpha value is -1.75. The van der Waals surface area contributed by atoms with Gasteiger partial charge in [0.05, 0.1) is 0 Å². The second kappa shape index (κ2) is 6.10. The third kappa shape index (κ3) is 3.64. The van der Waals surface area contributed by atoms with E-state index in [1.807, 2.05) is 6.92 Å². The molecule has 0 aromatic heterocycles. The van der Waals surface area contributed by atoms with Gasteiger partial charge < -0.3 is 21.3 Å². The van der Waals surface area contributed by atoms with E-state index in [0.29, 0.717) is 12.1 Å². The number of hydrogen-bond acceptors (Lipinski definition) is 4. The maximum absolute atomic E-state index is 11.8. The Bertz CT molecular complexity index is 393. The van der Waals surface area contributed by atoms with Crippen molar-refractivity contribution in [3.8, 4) is 11.5 Å². The lowest BCUT2D eigenvalue weighted by atomic mass is 10.1. The van der Waals surface area contributed by atoms with E-state index in [1.165, 1.54) is 18.2 Å². The summed E-state index contributed by atoms with van der Waals surface area (Å²) < 4.78 is 0. The van der Waals surface area contributed by atoms with Gasteiger partial charge in [-0.1, -0.05) is 13.3 Å². The Morgan fingerprint density at radius 2 is 2.12 bits per heavy atom. The molecule has 0 aliphatic rings. The van der Waals surface area contributed by atoms with Gasteiger partial charge in [-0.15, -0.1) is 0 Å². The number of carbonyl (C=O) groups is 1. The van der Waals surface area contributed by atoms with E-state index in [-0.39, 0.29) is 23.4 Å². The van der Waals surface area contributed by atoms with Crippen molar-refractivity contribution in [2.45, 2.75) is 25.8 Å². The molecule has 0 radical (unpaired) electrons. The van der Waals surface area contributed by atoms with Crippen molar-refractivity contribution in [1.82, 2.24) is 5.32 Å². The number of hydrogen-bond donors (Lipinski definition) is 4. The van der Waals surface area contributed by atoms with Crippen LogP contribution in [0.5, 0.6) is 11.5 Å². The van der Waals surface area contributed by atoms with Gasteiger partial charge in [0.1, 0.15) is 0 Å². The lowest BCUT2D eigenvalue weighted by molar-refractivity contribution is 0.0935. The molecule has 0 fully saturated rings. The van der Waals surface area contributed by atoms with Crippen molar-refractivity contribution in [3.05, 3.63) is 23.8 Å². The first kappa shape index (κ1) is 13.3. The molecule has 5 N–H and O–H groups in total. The number of nitrogens with one attached hydrogen (secondary N) is 1. The molecule has 1 amide bonds. The molecule has 0 saturated heterocycles. The Balaban J connectivity index is 2.72. The normalized spacial score (nSPS) is 12.1. The average Bonchev–Trinajstić information content (AvgIpc) is 2.31. The summed E-state index contributed by atoms with van der Waals surface area (Å²) in [4.78, 5) is 11.8. The summed E-state index contributed by atoms with van der Waals surface area (Å²) >= 11 is 0. The highest BCUT2D eigenvalue weighted by atomic mass is 16.3. The minimum absolute atomic E-state index is 0.0663. The van der Waals surface area contributed by atoms with Crippen LogP contribution in [-0.2, 0) is 0 Å². The smallest absolute Gasteiger partial charge is 0.251 e. The van der Waals surface area contributed by atoms with Gasteiger partial charge in [0.25, 0.3) is 5.91 Å².